The fourth-order valence-electron chi connectivity index (χ4n) is 1.94. The molecule has 0 saturated carbocycles. The molecule has 1 heterocycles. The summed E-state index contributed by atoms with van der Waals surface area (Å²) in [5.41, 5.74) is 7.00. The van der Waals surface area contributed by atoms with E-state index in [-0.39, 0.29) is 12.1 Å². The number of hydrogen-bond donors (Lipinski definition) is 3. The number of carbonyl (C=O) groups is 1. The Morgan fingerprint density at radius 3 is 2.59 bits per heavy atom. The Bertz CT molecular complexity index is 378. The molecule has 1 amide bonds. The maximum Gasteiger partial charge on any atom is 0.252 e. The van der Waals surface area contributed by atoms with E-state index >= 15 is 0 Å². The number of benzene rings is 1. The van der Waals surface area contributed by atoms with Crippen molar-refractivity contribution in [2.45, 2.75) is 32.5 Å². The molecule has 2 atom stereocenters. The van der Waals surface area contributed by atoms with Crippen LogP contribution in [-0.4, -0.2) is 18.1 Å². The summed E-state index contributed by atoms with van der Waals surface area (Å²) in [6.45, 7) is 4.33. The summed E-state index contributed by atoms with van der Waals surface area (Å²) >= 11 is 0. The van der Waals surface area contributed by atoms with Gasteiger partial charge in [0.15, 0.2) is 0 Å². The predicted molar refractivity (Wildman–Crippen MR) is 67.2 cm³/mol. The number of carbonyl (C=O) groups excluding carboxylic acids is 1. The van der Waals surface area contributed by atoms with Crippen LogP contribution in [0, 0.1) is 5.92 Å². The zero-order valence-electron chi connectivity index (χ0n) is 10.2. The van der Waals surface area contributed by atoms with Crippen molar-refractivity contribution in [3.05, 3.63) is 35.9 Å². The molecule has 1 fully saturated rings. The topological polar surface area (TPSA) is 53.2 Å². The van der Waals surface area contributed by atoms with E-state index in [4.69, 9.17) is 0 Å². The van der Waals surface area contributed by atoms with E-state index in [0.29, 0.717) is 17.5 Å². The van der Waals surface area contributed by atoms with E-state index in [1.54, 1.807) is 0 Å². The normalized spacial score (nSPS) is 23.9. The van der Waals surface area contributed by atoms with Crippen molar-refractivity contribution in [3.63, 3.8) is 0 Å². The second-order valence-electron chi connectivity index (χ2n) is 4.77. The Morgan fingerprint density at radius 1 is 1.29 bits per heavy atom. The highest BCUT2D eigenvalue weighted by atomic mass is 16.1. The van der Waals surface area contributed by atoms with Gasteiger partial charge in [-0.25, -0.2) is 5.43 Å². The lowest BCUT2D eigenvalue weighted by Gasteiger charge is -2.13. The number of hydrazine groups is 1. The summed E-state index contributed by atoms with van der Waals surface area (Å²) < 4.78 is 0. The smallest absolute Gasteiger partial charge is 0.252 e. The summed E-state index contributed by atoms with van der Waals surface area (Å²) in [5.74, 6) is 0.524. The van der Waals surface area contributed by atoms with Crippen LogP contribution < -0.4 is 16.2 Å². The minimum Gasteiger partial charge on any atom is -0.335 e. The number of nitrogens with one attached hydrogen (secondary N) is 3. The lowest BCUT2D eigenvalue weighted by molar-refractivity contribution is 0.0932. The van der Waals surface area contributed by atoms with Gasteiger partial charge in [-0.05, 0) is 24.5 Å². The molecular formula is C13H19N3O. The van der Waals surface area contributed by atoms with Gasteiger partial charge in [-0.2, -0.15) is 0 Å². The minimum atomic E-state index is -0.0330. The van der Waals surface area contributed by atoms with Gasteiger partial charge in [0.05, 0.1) is 6.17 Å². The van der Waals surface area contributed by atoms with Gasteiger partial charge in [-0.15, -0.1) is 0 Å². The van der Waals surface area contributed by atoms with Crippen LogP contribution in [0.2, 0.25) is 0 Å². The number of amides is 1. The fourth-order valence-corrected chi connectivity index (χ4v) is 1.94. The van der Waals surface area contributed by atoms with E-state index in [1.165, 1.54) is 0 Å². The van der Waals surface area contributed by atoms with Gasteiger partial charge in [0, 0.05) is 11.6 Å². The van der Waals surface area contributed by atoms with E-state index in [0.717, 1.165) is 6.42 Å². The zero-order chi connectivity index (χ0) is 12.3. The van der Waals surface area contributed by atoms with Gasteiger partial charge in [-0.1, -0.05) is 32.0 Å². The van der Waals surface area contributed by atoms with Gasteiger partial charge in [0.2, 0.25) is 0 Å². The Kier molecular flexibility index (Phi) is 3.76. The van der Waals surface area contributed by atoms with Crippen molar-refractivity contribution in [2.24, 2.45) is 5.92 Å². The molecular weight excluding hydrogens is 214 g/mol. The van der Waals surface area contributed by atoms with Crippen LogP contribution in [0.25, 0.3) is 0 Å². The van der Waals surface area contributed by atoms with Gasteiger partial charge >= 0.3 is 0 Å². The third-order valence-electron chi connectivity index (χ3n) is 3.08. The summed E-state index contributed by atoms with van der Waals surface area (Å²) in [6, 6.07) is 9.69. The standard InChI is InChI=1S/C13H19N3O/c1-9(2)11-8-12(16-15-11)14-13(17)10-6-4-3-5-7-10/h3-7,9,11-12,15-16H,8H2,1-2H3,(H,14,17). The van der Waals surface area contributed by atoms with Gasteiger partial charge in [0.25, 0.3) is 5.91 Å². The van der Waals surface area contributed by atoms with E-state index in [1.807, 2.05) is 30.3 Å². The SMILES string of the molecule is CC(C)C1CC(NC(=O)c2ccccc2)NN1. The Hall–Kier alpha value is -1.39. The molecule has 1 saturated heterocycles. The highest BCUT2D eigenvalue weighted by molar-refractivity contribution is 5.94. The van der Waals surface area contributed by atoms with Crippen LogP contribution in [0.5, 0.6) is 0 Å². The third-order valence-corrected chi connectivity index (χ3v) is 3.08. The molecule has 4 heteroatoms. The molecule has 0 aliphatic carbocycles. The largest absolute Gasteiger partial charge is 0.335 e. The molecule has 2 rings (SSSR count). The van der Waals surface area contributed by atoms with Crippen molar-refractivity contribution >= 4 is 5.91 Å². The van der Waals surface area contributed by atoms with Crippen molar-refractivity contribution in [1.29, 1.82) is 0 Å². The average molecular weight is 233 g/mol. The molecule has 1 aliphatic rings. The quantitative estimate of drug-likeness (QED) is 0.737. The molecule has 0 radical (unpaired) electrons. The minimum absolute atomic E-state index is 0.00936. The second-order valence-corrected chi connectivity index (χ2v) is 4.77. The van der Waals surface area contributed by atoms with Crippen LogP contribution in [-0.2, 0) is 0 Å². The molecule has 1 aromatic rings. The molecule has 0 spiro atoms. The summed E-state index contributed by atoms with van der Waals surface area (Å²) in [4.78, 5) is 11.9. The van der Waals surface area contributed by atoms with E-state index in [2.05, 4.69) is 30.0 Å². The Balaban J connectivity index is 1.89. The molecule has 3 N–H and O–H groups in total. The molecule has 1 aliphatic heterocycles. The van der Waals surface area contributed by atoms with E-state index < -0.39 is 0 Å². The summed E-state index contributed by atoms with van der Waals surface area (Å²) in [6.07, 6.45) is 0.922. The molecule has 92 valence electrons. The first kappa shape index (κ1) is 12.1. The first-order valence-corrected chi connectivity index (χ1v) is 6.04. The predicted octanol–water partition coefficient (Wildman–Crippen LogP) is 1.26. The number of rotatable bonds is 3. The molecule has 2 unspecified atom stereocenters. The van der Waals surface area contributed by atoms with Crippen molar-refractivity contribution in [1.82, 2.24) is 16.2 Å². The van der Waals surface area contributed by atoms with Gasteiger partial charge in [-0.3, -0.25) is 10.2 Å². The van der Waals surface area contributed by atoms with Crippen LogP contribution in [0.1, 0.15) is 30.6 Å². The van der Waals surface area contributed by atoms with Crippen molar-refractivity contribution < 1.29 is 4.79 Å². The highest BCUT2D eigenvalue weighted by Crippen LogP contribution is 2.12. The number of hydrogen-bond acceptors (Lipinski definition) is 3. The second kappa shape index (κ2) is 5.29. The monoisotopic (exact) mass is 233 g/mol. The first-order valence-electron chi connectivity index (χ1n) is 6.04. The summed E-state index contributed by atoms with van der Waals surface area (Å²) in [7, 11) is 0. The van der Waals surface area contributed by atoms with Crippen LogP contribution in [0.3, 0.4) is 0 Å². The van der Waals surface area contributed by atoms with E-state index in [9.17, 15) is 4.79 Å². The Morgan fingerprint density at radius 2 is 2.00 bits per heavy atom. The fraction of sp³-hybridized carbons (Fsp3) is 0.462. The zero-order valence-corrected chi connectivity index (χ0v) is 10.2. The van der Waals surface area contributed by atoms with Gasteiger partial charge in [0.1, 0.15) is 0 Å². The third kappa shape index (κ3) is 3.05. The average Bonchev–Trinajstić information content (AvgIpc) is 2.79. The highest BCUT2D eigenvalue weighted by Gasteiger charge is 2.26. The molecule has 4 nitrogen and oxygen atoms in total. The molecule has 17 heavy (non-hydrogen) atoms. The van der Waals surface area contributed by atoms with Crippen molar-refractivity contribution in [2.75, 3.05) is 0 Å². The lowest BCUT2D eigenvalue weighted by Crippen LogP contribution is -2.44. The Labute approximate surface area is 102 Å². The molecule has 1 aromatic carbocycles. The van der Waals surface area contributed by atoms with Crippen LogP contribution in [0.4, 0.5) is 0 Å². The van der Waals surface area contributed by atoms with Crippen LogP contribution in [0.15, 0.2) is 30.3 Å². The molecule has 0 bridgehead atoms. The summed E-state index contributed by atoms with van der Waals surface area (Å²) in [5, 5.41) is 2.97. The van der Waals surface area contributed by atoms with Gasteiger partial charge < -0.3 is 5.32 Å². The van der Waals surface area contributed by atoms with Crippen LogP contribution >= 0.6 is 0 Å². The maximum absolute atomic E-state index is 11.9. The first-order chi connectivity index (χ1) is 8.16. The van der Waals surface area contributed by atoms with Crippen molar-refractivity contribution in [3.8, 4) is 0 Å². The lowest BCUT2D eigenvalue weighted by atomic mass is 10.0. The maximum atomic E-state index is 11.9. The molecule has 0 aromatic heterocycles.